The van der Waals surface area contributed by atoms with Crippen molar-refractivity contribution in [1.29, 1.82) is 0 Å². The Balaban J connectivity index is 1.55. The minimum absolute atomic E-state index is 0.567. The lowest BCUT2D eigenvalue weighted by molar-refractivity contribution is 0.338. The fourth-order valence-corrected chi connectivity index (χ4v) is 2.45. The molecule has 0 aliphatic carbocycles. The fourth-order valence-electron chi connectivity index (χ4n) is 2.02. The van der Waals surface area contributed by atoms with Gasteiger partial charge in [-0.2, -0.15) is 5.10 Å². The number of hydrogen-bond acceptors (Lipinski definition) is 4. The van der Waals surface area contributed by atoms with Crippen molar-refractivity contribution < 1.29 is 0 Å². The van der Waals surface area contributed by atoms with E-state index in [0.717, 1.165) is 30.1 Å². The van der Waals surface area contributed by atoms with E-state index in [2.05, 4.69) is 35.9 Å². The van der Waals surface area contributed by atoms with E-state index in [4.69, 9.17) is 11.6 Å². The van der Waals surface area contributed by atoms with Gasteiger partial charge in [0.15, 0.2) is 0 Å². The van der Waals surface area contributed by atoms with E-state index in [0.29, 0.717) is 10.9 Å². The van der Waals surface area contributed by atoms with Crippen LogP contribution in [0.15, 0.2) is 29.3 Å². The second kappa shape index (κ2) is 4.85. The highest BCUT2D eigenvalue weighted by Crippen LogP contribution is 2.23. The molecule has 18 heavy (non-hydrogen) atoms. The highest BCUT2D eigenvalue weighted by molar-refractivity contribution is 9.10. The van der Waals surface area contributed by atoms with Crippen LogP contribution in [0, 0.1) is 5.92 Å². The van der Waals surface area contributed by atoms with E-state index < -0.39 is 0 Å². The van der Waals surface area contributed by atoms with Crippen molar-refractivity contribution in [2.45, 2.75) is 6.54 Å². The van der Waals surface area contributed by atoms with Crippen molar-refractivity contribution in [3.8, 4) is 0 Å². The molecular formula is C11H11BrClN5. The first-order valence-corrected chi connectivity index (χ1v) is 6.78. The molecule has 1 fully saturated rings. The van der Waals surface area contributed by atoms with Crippen LogP contribution in [-0.4, -0.2) is 32.8 Å². The Morgan fingerprint density at radius 1 is 1.28 bits per heavy atom. The maximum Gasteiger partial charge on any atom is 0.225 e. The van der Waals surface area contributed by atoms with Gasteiger partial charge in [-0.25, -0.2) is 9.97 Å². The first-order chi connectivity index (χ1) is 8.70. The second-order valence-electron chi connectivity index (χ2n) is 4.35. The predicted molar refractivity (Wildman–Crippen MR) is 72.7 cm³/mol. The molecule has 0 radical (unpaired) electrons. The zero-order chi connectivity index (χ0) is 12.5. The van der Waals surface area contributed by atoms with Crippen molar-refractivity contribution in [3.63, 3.8) is 0 Å². The summed E-state index contributed by atoms with van der Waals surface area (Å²) in [6.07, 6.45) is 7.05. The van der Waals surface area contributed by atoms with E-state index >= 15 is 0 Å². The monoisotopic (exact) mass is 327 g/mol. The molecule has 0 bridgehead atoms. The van der Waals surface area contributed by atoms with Crippen LogP contribution in [0.2, 0.25) is 5.02 Å². The molecule has 0 unspecified atom stereocenters. The molecule has 0 N–H and O–H groups in total. The Kier molecular flexibility index (Phi) is 3.22. The Labute approximate surface area is 118 Å². The normalized spacial score (nSPS) is 15.8. The van der Waals surface area contributed by atoms with Crippen LogP contribution in [0.3, 0.4) is 0 Å². The summed E-state index contributed by atoms with van der Waals surface area (Å²) in [7, 11) is 0. The molecule has 2 aromatic heterocycles. The highest BCUT2D eigenvalue weighted by atomic mass is 79.9. The van der Waals surface area contributed by atoms with Crippen molar-refractivity contribution in [2.75, 3.05) is 18.0 Å². The molecule has 3 heterocycles. The fraction of sp³-hybridized carbons (Fsp3) is 0.364. The van der Waals surface area contributed by atoms with Gasteiger partial charge in [0.05, 0.1) is 28.1 Å². The number of halogens is 2. The number of anilines is 1. The first kappa shape index (κ1) is 11.9. The second-order valence-corrected chi connectivity index (χ2v) is 5.70. The van der Waals surface area contributed by atoms with Crippen molar-refractivity contribution in [3.05, 3.63) is 34.3 Å². The summed E-state index contributed by atoms with van der Waals surface area (Å²) in [4.78, 5) is 10.5. The van der Waals surface area contributed by atoms with E-state index in [1.807, 2.05) is 10.9 Å². The molecule has 94 valence electrons. The summed E-state index contributed by atoms with van der Waals surface area (Å²) < 4.78 is 2.97. The van der Waals surface area contributed by atoms with Gasteiger partial charge in [-0.05, 0) is 15.9 Å². The van der Waals surface area contributed by atoms with Crippen LogP contribution in [0.5, 0.6) is 0 Å². The first-order valence-electron chi connectivity index (χ1n) is 5.61. The smallest absolute Gasteiger partial charge is 0.225 e. The molecule has 5 nitrogen and oxygen atoms in total. The van der Waals surface area contributed by atoms with Gasteiger partial charge in [0.25, 0.3) is 0 Å². The maximum absolute atomic E-state index is 5.76. The Morgan fingerprint density at radius 3 is 2.61 bits per heavy atom. The van der Waals surface area contributed by atoms with Gasteiger partial charge in [0.1, 0.15) is 0 Å². The molecule has 2 aromatic rings. The van der Waals surface area contributed by atoms with Gasteiger partial charge >= 0.3 is 0 Å². The molecular weight excluding hydrogens is 318 g/mol. The third kappa shape index (κ3) is 2.49. The van der Waals surface area contributed by atoms with E-state index in [1.165, 1.54) is 0 Å². The van der Waals surface area contributed by atoms with Crippen molar-refractivity contribution >= 4 is 33.5 Å². The Bertz CT molecular complexity index is 535. The lowest BCUT2D eigenvalue weighted by Crippen LogP contribution is -2.49. The molecule has 0 saturated carbocycles. The van der Waals surface area contributed by atoms with Crippen LogP contribution >= 0.6 is 27.5 Å². The minimum atomic E-state index is 0.567. The summed E-state index contributed by atoms with van der Waals surface area (Å²) in [5.74, 6) is 1.34. The standard InChI is InChI=1S/C11H11BrClN5/c12-9-1-16-18(7-9)6-8-4-17(5-8)11-14-2-10(13)3-15-11/h1-3,7-8H,4-6H2. The number of nitrogens with zero attached hydrogens (tertiary/aromatic N) is 5. The third-order valence-electron chi connectivity index (χ3n) is 2.89. The Hall–Kier alpha value is -1.14. The van der Waals surface area contributed by atoms with Crippen molar-refractivity contribution in [2.24, 2.45) is 5.92 Å². The van der Waals surface area contributed by atoms with Gasteiger partial charge in [-0.1, -0.05) is 11.6 Å². The lowest BCUT2D eigenvalue weighted by atomic mass is 10.0. The summed E-state index contributed by atoms with van der Waals surface area (Å²) >= 11 is 9.15. The van der Waals surface area contributed by atoms with Crippen LogP contribution < -0.4 is 4.90 Å². The topological polar surface area (TPSA) is 46.8 Å². The largest absolute Gasteiger partial charge is 0.340 e. The molecule has 0 aromatic carbocycles. The molecule has 1 saturated heterocycles. The van der Waals surface area contributed by atoms with Gasteiger partial charge in [-0.3, -0.25) is 4.68 Å². The molecule has 7 heteroatoms. The van der Waals surface area contributed by atoms with Crippen LogP contribution in [0.1, 0.15) is 0 Å². The predicted octanol–water partition coefficient (Wildman–Crippen LogP) is 2.23. The lowest BCUT2D eigenvalue weighted by Gasteiger charge is -2.39. The van der Waals surface area contributed by atoms with Crippen LogP contribution in [0.25, 0.3) is 0 Å². The van der Waals surface area contributed by atoms with Gasteiger partial charge in [-0.15, -0.1) is 0 Å². The van der Waals surface area contributed by atoms with Crippen LogP contribution in [-0.2, 0) is 6.54 Å². The number of hydrogen-bond donors (Lipinski definition) is 0. The molecule has 1 aliphatic heterocycles. The minimum Gasteiger partial charge on any atom is -0.340 e. The summed E-state index contributed by atoms with van der Waals surface area (Å²) in [6.45, 7) is 2.84. The van der Waals surface area contributed by atoms with Crippen LogP contribution in [0.4, 0.5) is 5.95 Å². The summed E-state index contributed by atoms with van der Waals surface area (Å²) in [6, 6.07) is 0. The molecule has 0 amide bonds. The quantitative estimate of drug-likeness (QED) is 0.867. The Morgan fingerprint density at radius 2 is 2.00 bits per heavy atom. The zero-order valence-electron chi connectivity index (χ0n) is 9.50. The number of rotatable bonds is 3. The average molecular weight is 329 g/mol. The highest BCUT2D eigenvalue weighted by Gasteiger charge is 2.28. The van der Waals surface area contributed by atoms with Gasteiger partial charge in [0.2, 0.25) is 5.95 Å². The average Bonchev–Trinajstić information content (AvgIpc) is 2.71. The maximum atomic E-state index is 5.76. The molecule has 3 rings (SSSR count). The summed E-state index contributed by atoms with van der Waals surface area (Å²) in [5, 5.41) is 4.82. The van der Waals surface area contributed by atoms with Gasteiger partial charge < -0.3 is 4.90 Å². The number of aromatic nitrogens is 4. The van der Waals surface area contributed by atoms with Crippen molar-refractivity contribution in [1.82, 2.24) is 19.7 Å². The third-order valence-corrected chi connectivity index (χ3v) is 3.50. The van der Waals surface area contributed by atoms with E-state index in [1.54, 1.807) is 18.6 Å². The molecule has 0 atom stereocenters. The molecule has 0 spiro atoms. The molecule has 1 aliphatic rings. The van der Waals surface area contributed by atoms with E-state index in [-0.39, 0.29) is 0 Å². The zero-order valence-corrected chi connectivity index (χ0v) is 11.8. The van der Waals surface area contributed by atoms with E-state index in [9.17, 15) is 0 Å². The SMILES string of the molecule is Clc1cnc(N2CC(Cn3cc(Br)cn3)C2)nc1. The van der Waals surface area contributed by atoms with Gasteiger partial charge in [0, 0.05) is 31.7 Å². The summed E-state index contributed by atoms with van der Waals surface area (Å²) in [5.41, 5.74) is 0.